The molecule has 0 spiro atoms. The molecule has 0 unspecified atom stereocenters. The summed E-state index contributed by atoms with van der Waals surface area (Å²) in [7, 11) is 0. The van der Waals surface area contributed by atoms with Crippen molar-refractivity contribution in [3.8, 4) is 0 Å². The van der Waals surface area contributed by atoms with Gasteiger partial charge in [0.2, 0.25) is 0 Å². The van der Waals surface area contributed by atoms with Gasteiger partial charge in [0.25, 0.3) is 0 Å². The minimum atomic E-state index is 0.273. The summed E-state index contributed by atoms with van der Waals surface area (Å²) in [5, 5.41) is 4.17. The Morgan fingerprint density at radius 1 is 1.22 bits per heavy atom. The Bertz CT molecular complexity index is 502. The highest BCUT2D eigenvalue weighted by Crippen LogP contribution is 2.06. The van der Waals surface area contributed by atoms with Gasteiger partial charge in [-0.05, 0) is 24.5 Å². The molecule has 0 aliphatic carbocycles. The van der Waals surface area contributed by atoms with Crippen molar-refractivity contribution in [1.29, 1.82) is 0 Å². The highest BCUT2D eigenvalue weighted by atomic mass is 16.1. The van der Waals surface area contributed by atoms with Gasteiger partial charge < -0.3 is 0 Å². The third kappa shape index (κ3) is 3.55. The number of nitrogens with zero attached hydrogens (tertiary/aromatic N) is 2. The molecule has 3 nitrogen and oxygen atoms in total. The van der Waals surface area contributed by atoms with Gasteiger partial charge in [0, 0.05) is 25.6 Å². The summed E-state index contributed by atoms with van der Waals surface area (Å²) in [6.07, 6.45) is 5.64. The molecule has 0 aliphatic heterocycles. The van der Waals surface area contributed by atoms with Gasteiger partial charge in [-0.3, -0.25) is 9.48 Å². The second kappa shape index (κ2) is 6.15. The van der Waals surface area contributed by atoms with Gasteiger partial charge in [0.1, 0.15) is 5.78 Å². The molecule has 1 heterocycles. The van der Waals surface area contributed by atoms with Crippen LogP contribution in [0.1, 0.15) is 24.5 Å². The van der Waals surface area contributed by atoms with Gasteiger partial charge in [0.15, 0.2) is 0 Å². The van der Waals surface area contributed by atoms with E-state index in [1.807, 2.05) is 36.0 Å². The summed E-state index contributed by atoms with van der Waals surface area (Å²) >= 11 is 0. The molecule has 0 N–H and O–H groups in total. The maximum atomic E-state index is 11.8. The average molecular weight is 242 g/mol. The molecule has 0 radical (unpaired) electrons. The Balaban J connectivity index is 1.82. The molecule has 2 rings (SSSR count). The largest absolute Gasteiger partial charge is 0.299 e. The predicted octanol–water partition coefficient (Wildman–Crippen LogP) is 2.65. The van der Waals surface area contributed by atoms with Crippen LogP contribution in [0.5, 0.6) is 0 Å². The zero-order valence-electron chi connectivity index (χ0n) is 10.7. The molecule has 0 fully saturated rings. The number of hydrogen-bond donors (Lipinski definition) is 0. The van der Waals surface area contributed by atoms with Gasteiger partial charge in [-0.2, -0.15) is 5.10 Å². The molecule has 94 valence electrons. The molecule has 1 aromatic carbocycles. The lowest BCUT2D eigenvalue weighted by Gasteiger charge is -2.00. The second-order valence-corrected chi connectivity index (χ2v) is 4.41. The van der Waals surface area contributed by atoms with Crippen LogP contribution in [0.4, 0.5) is 0 Å². The number of ketones is 1. The quantitative estimate of drug-likeness (QED) is 0.780. The van der Waals surface area contributed by atoms with Crippen molar-refractivity contribution in [3.63, 3.8) is 0 Å². The molecule has 2 aromatic rings. The van der Waals surface area contributed by atoms with Crippen LogP contribution in [-0.4, -0.2) is 15.6 Å². The van der Waals surface area contributed by atoms with Gasteiger partial charge in [-0.15, -0.1) is 0 Å². The number of aromatic nitrogens is 2. The topological polar surface area (TPSA) is 34.9 Å². The normalized spacial score (nSPS) is 10.5. The Morgan fingerprint density at radius 3 is 2.67 bits per heavy atom. The highest BCUT2D eigenvalue weighted by molar-refractivity contribution is 5.80. The molecule has 3 heteroatoms. The number of hydrogen-bond acceptors (Lipinski definition) is 2. The number of carbonyl (C=O) groups excluding carboxylic acids is 1. The smallest absolute Gasteiger partial charge is 0.137 e. The van der Waals surface area contributed by atoms with E-state index in [4.69, 9.17) is 0 Å². The van der Waals surface area contributed by atoms with E-state index in [2.05, 4.69) is 17.2 Å². The number of aryl methyl sites for hydroxylation is 2. The van der Waals surface area contributed by atoms with Crippen LogP contribution in [0.25, 0.3) is 0 Å². The van der Waals surface area contributed by atoms with E-state index in [0.29, 0.717) is 12.8 Å². The van der Waals surface area contributed by atoms with Gasteiger partial charge >= 0.3 is 0 Å². The number of rotatable bonds is 6. The Hall–Kier alpha value is -1.90. The van der Waals surface area contributed by atoms with Crippen molar-refractivity contribution in [2.75, 3.05) is 0 Å². The zero-order valence-corrected chi connectivity index (χ0v) is 10.7. The molecule has 1 aromatic heterocycles. The van der Waals surface area contributed by atoms with Crippen molar-refractivity contribution in [2.45, 2.75) is 32.7 Å². The lowest BCUT2D eigenvalue weighted by Crippen LogP contribution is -2.03. The fraction of sp³-hybridized carbons (Fsp3) is 0.333. The van der Waals surface area contributed by atoms with Crippen LogP contribution in [0.15, 0.2) is 42.7 Å². The van der Waals surface area contributed by atoms with Crippen molar-refractivity contribution < 1.29 is 4.79 Å². The Labute approximate surface area is 107 Å². The molecular weight excluding hydrogens is 224 g/mol. The summed E-state index contributed by atoms with van der Waals surface area (Å²) in [4.78, 5) is 11.8. The molecule has 0 saturated carbocycles. The first-order valence-corrected chi connectivity index (χ1v) is 6.35. The van der Waals surface area contributed by atoms with Crippen molar-refractivity contribution in [1.82, 2.24) is 9.78 Å². The highest BCUT2D eigenvalue weighted by Gasteiger charge is 2.06. The summed E-state index contributed by atoms with van der Waals surface area (Å²) in [6.45, 7) is 2.88. The Morgan fingerprint density at radius 2 is 2.00 bits per heavy atom. The van der Waals surface area contributed by atoms with Crippen LogP contribution in [-0.2, 0) is 24.2 Å². The molecule has 0 atom stereocenters. The molecule has 0 saturated heterocycles. The maximum Gasteiger partial charge on any atom is 0.137 e. The summed E-state index contributed by atoms with van der Waals surface area (Å²) < 4.78 is 1.85. The third-order valence-electron chi connectivity index (χ3n) is 2.95. The monoisotopic (exact) mass is 242 g/mol. The Kier molecular flexibility index (Phi) is 4.29. The van der Waals surface area contributed by atoms with Crippen LogP contribution in [0.3, 0.4) is 0 Å². The zero-order chi connectivity index (χ0) is 12.8. The molecular formula is C15H18N2O. The summed E-state index contributed by atoms with van der Waals surface area (Å²) in [5.41, 5.74) is 2.23. The third-order valence-corrected chi connectivity index (χ3v) is 2.95. The molecule has 0 aliphatic rings. The van der Waals surface area contributed by atoms with Crippen LogP contribution in [0.2, 0.25) is 0 Å². The van der Waals surface area contributed by atoms with Crippen LogP contribution in [0, 0.1) is 0 Å². The van der Waals surface area contributed by atoms with Crippen LogP contribution >= 0.6 is 0 Å². The van der Waals surface area contributed by atoms with E-state index in [1.165, 1.54) is 5.56 Å². The lowest BCUT2D eigenvalue weighted by molar-refractivity contribution is -0.118. The van der Waals surface area contributed by atoms with Crippen molar-refractivity contribution in [3.05, 3.63) is 53.9 Å². The van der Waals surface area contributed by atoms with E-state index in [-0.39, 0.29) is 5.78 Å². The molecule has 0 amide bonds. The standard InChI is InChI=1S/C15H18N2O/c1-2-17-12-14(11-16-17)10-15(18)9-8-13-6-4-3-5-7-13/h3-7,11-12H,2,8-10H2,1H3. The van der Waals surface area contributed by atoms with E-state index < -0.39 is 0 Å². The van der Waals surface area contributed by atoms with Gasteiger partial charge in [-0.25, -0.2) is 0 Å². The number of carbonyl (C=O) groups is 1. The fourth-order valence-electron chi connectivity index (χ4n) is 1.92. The first kappa shape index (κ1) is 12.6. The molecule has 18 heavy (non-hydrogen) atoms. The number of benzene rings is 1. The molecule has 0 bridgehead atoms. The second-order valence-electron chi connectivity index (χ2n) is 4.41. The number of Topliss-reactive ketones (excluding diaryl/α,β-unsaturated/α-hetero) is 1. The van der Waals surface area contributed by atoms with Crippen LogP contribution < -0.4 is 0 Å². The first-order chi connectivity index (χ1) is 8.78. The predicted molar refractivity (Wildman–Crippen MR) is 71.4 cm³/mol. The fourth-order valence-corrected chi connectivity index (χ4v) is 1.92. The van der Waals surface area contributed by atoms with Gasteiger partial charge in [0.05, 0.1) is 6.20 Å². The lowest BCUT2D eigenvalue weighted by atomic mass is 10.0. The summed E-state index contributed by atoms with van der Waals surface area (Å²) in [6, 6.07) is 10.1. The first-order valence-electron chi connectivity index (χ1n) is 6.35. The van der Waals surface area contributed by atoms with Gasteiger partial charge in [-0.1, -0.05) is 30.3 Å². The average Bonchev–Trinajstić information content (AvgIpc) is 2.85. The SMILES string of the molecule is CCn1cc(CC(=O)CCc2ccccc2)cn1. The van der Waals surface area contributed by atoms with Crippen molar-refractivity contribution >= 4 is 5.78 Å². The van der Waals surface area contributed by atoms with E-state index in [1.54, 1.807) is 6.20 Å². The summed E-state index contributed by atoms with van der Waals surface area (Å²) in [5.74, 6) is 0.273. The van der Waals surface area contributed by atoms with E-state index >= 15 is 0 Å². The maximum absolute atomic E-state index is 11.8. The van der Waals surface area contributed by atoms with E-state index in [0.717, 1.165) is 18.5 Å². The van der Waals surface area contributed by atoms with Crippen molar-refractivity contribution in [2.24, 2.45) is 0 Å². The minimum absolute atomic E-state index is 0.273. The van der Waals surface area contributed by atoms with E-state index in [9.17, 15) is 4.79 Å². The minimum Gasteiger partial charge on any atom is -0.299 e.